The van der Waals surface area contributed by atoms with Gasteiger partial charge in [0.2, 0.25) is 0 Å². The van der Waals surface area contributed by atoms with Crippen molar-refractivity contribution in [3.63, 3.8) is 0 Å². The smallest absolute Gasteiger partial charge is 0.306 e. The molecule has 14 heavy (non-hydrogen) atoms. The Labute approximate surface area is 93.6 Å². The molecule has 0 unspecified atom stereocenters. The molecule has 0 spiro atoms. The average molecular weight is 248 g/mol. The van der Waals surface area contributed by atoms with Gasteiger partial charge in [-0.05, 0) is 17.9 Å². The largest absolute Gasteiger partial charge is 0.326 e. The van der Waals surface area contributed by atoms with E-state index in [4.69, 9.17) is 0 Å². The molecule has 2 aromatic rings. The quantitative estimate of drug-likeness (QED) is 0.420. The number of aromatic amines is 2. The first-order chi connectivity index (χ1) is 6.68. The Morgan fingerprint density at radius 1 is 1.29 bits per heavy atom. The second kappa shape index (κ2) is 4.72. The van der Waals surface area contributed by atoms with Crippen LogP contribution in [0.5, 0.6) is 0 Å². The Balaban J connectivity index is 0.000000461. The van der Waals surface area contributed by atoms with E-state index < -0.39 is 5.69 Å². The van der Waals surface area contributed by atoms with Crippen LogP contribution in [0.25, 0.3) is 10.2 Å². The van der Waals surface area contributed by atoms with E-state index in [0.717, 1.165) is 5.56 Å². The Morgan fingerprint density at radius 3 is 2.57 bits per heavy atom. The fourth-order valence-electron chi connectivity index (χ4n) is 1.07. The number of nitrogens with one attached hydrogen (secondary N) is 2. The summed E-state index contributed by atoms with van der Waals surface area (Å²) in [6.45, 7) is 1.86. The van der Waals surface area contributed by atoms with E-state index in [2.05, 4.69) is 33.3 Å². The molecule has 0 atom stereocenters. The third-order valence-electron chi connectivity index (χ3n) is 1.65. The second-order valence-electron chi connectivity index (χ2n) is 2.53. The monoisotopic (exact) mass is 248 g/mol. The molecule has 0 aromatic carbocycles. The molecule has 0 radical (unpaired) electrons. The summed E-state index contributed by atoms with van der Waals surface area (Å²) in [5.74, 6) is 0. The van der Waals surface area contributed by atoms with E-state index in [0.29, 0.717) is 10.2 Å². The van der Waals surface area contributed by atoms with Crippen molar-refractivity contribution in [2.24, 2.45) is 0 Å². The van der Waals surface area contributed by atoms with Gasteiger partial charge in [0.25, 0.3) is 5.56 Å². The molecule has 0 fully saturated rings. The standard InChI is InChI=1S/C7H6N2O2S.H2S2/c1-3-2-12-5-4(3)8-7(11)9-6(5)10;1-2/h2H,1H3,(H2,8,9,10,11);1-2H. The van der Waals surface area contributed by atoms with E-state index in [9.17, 15) is 9.59 Å². The molecule has 0 saturated heterocycles. The molecule has 76 valence electrons. The topological polar surface area (TPSA) is 65.7 Å². The molecular weight excluding hydrogens is 240 g/mol. The third kappa shape index (κ3) is 2.05. The summed E-state index contributed by atoms with van der Waals surface area (Å²) in [6, 6.07) is 0. The summed E-state index contributed by atoms with van der Waals surface area (Å²) in [5, 5.41) is 1.84. The number of hydrogen-bond acceptors (Lipinski definition) is 5. The lowest BCUT2D eigenvalue weighted by Gasteiger charge is -1.88. The number of thiophene rings is 1. The van der Waals surface area contributed by atoms with Gasteiger partial charge in [-0.3, -0.25) is 9.78 Å². The Morgan fingerprint density at radius 2 is 1.93 bits per heavy atom. The number of H-pyrrole nitrogens is 2. The maximum absolute atomic E-state index is 11.1. The highest BCUT2D eigenvalue weighted by molar-refractivity contribution is 8.59. The van der Waals surface area contributed by atoms with Crippen LogP contribution < -0.4 is 11.2 Å². The molecule has 0 saturated carbocycles. The molecule has 4 nitrogen and oxygen atoms in total. The van der Waals surface area contributed by atoms with Crippen molar-refractivity contribution >= 4 is 44.9 Å². The lowest BCUT2D eigenvalue weighted by atomic mass is 10.3. The van der Waals surface area contributed by atoms with Crippen LogP contribution in [0.15, 0.2) is 15.0 Å². The van der Waals surface area contributed by atoms with E-state index >= 15 is 0 Å². The molecule has 0 aliphatic carbocycles. The minimum absolute atomic E-state index is 0.313. The number of aryl methyl sites for hydroxylation is 1. The molecule has 0 aliphatic rings. The minimum atomic E-state index is -0.450. The normalized spacial score (nSPS) is 9.64. The third-order valence-corrected chi connectivity index (χ3v) is 2.74. The average Bonchev–Trinajstić information content (AvgIpc) is 2.52. The van der Waals surface area contributed by atoms with Crippen LogP contribution in [0.2, 0.25) is 0 Å². The van der Waals surface area contributed by atoms with Gasteiger partial charge in [-0.2, -0.15) is 0 Å². The summed E-state index contributed by atoms with van der Waals surface area (Å²) in [6.07, 6.45) is 0. The fraction of sp³-hybridized carbons (Fsp3) is 0.143. The molecule has 2 heterocycles. The zero-order valence-electron chi connectivity index (χ0n) is 7.20. The second-order valence-corrected chi connectivity index (χ2v) is 3.41. The van der Waals surface area contributed by atoms with Crippen LogP contribution in [-0.4, -0.2) is 9.97 Å². The van der Waals surface area contributed by atoms with Crippen LogP contribution >= 0.6 is 34.7 Å². The van der Waals surface area contributed by atoms with Crippen molar-refractivity contribution < 1.29 is 0 Å². The predicted octanol–water partition coefficient (Wildman–Crippen LogP) is 1.35. The summed E-state index contributed by atoms with van der Waals surface area (Å²) in [7, 11) is 0. The number of thiol groups is 2. The number of hydrogen-bond donors (Lipinski definition) is 4. The molecule has 0 amide bonds. The minimum Gasteiger partial charge on any atom is -0.306 e. The predicted molar refractivity (Wildman–Crippen MR) is 65.8 cm³/mol. The first-order valence-electron chi connectivity index (χ1n) is 3.59. The van der Waals surface area contributed by atoms with E-state index in [1.54, 1.807) is 0 Å². The van der Waals surface area contributed by atoms with Gasteiger partial charge in [0.15, 0.2) is 0 Å². The molecule has 0 aliphatic heterocycles. The van der Waals surface area contributed by atoms with Gasteiger partial charge in [-0.15, -0.1) is 34.7 Å². The first kappa shape index (κ1) is 11.4. The van der Waals surface area contributed by atoms with Gasteiger partial charge in [0.1, 0.15) is 4.70 Å². The van der Waals surface area contributed by atoms with Crippen molar-refractivity contribution in [3.05, 3.63) is 31.8 Å². The lowest BCUT2D eigenvalue weighted by molar-refractivity contribution is 1.08. The van der Waals surface area contributed by atoms with Crippen LogP contribution in [0, 0.1) is 6.92 Å². The summed E-state index contributed by atoms with van der Waals surface area (Å²) >= 11 is 7.78. The fourth-order valence-corrected chi connectivity index (χ4v) is 1.97. The van der Waals surface area contributed by atoms with Crippen molar-refractivity contribution in [1.29, 1.82) is 0 Å². The SMILES string of the molecule is Cc1csc2c(=O)[nH]c(=O)[nH]c12.SS. The summed E-state index contributed by atoms with van der Waals surface area (Å²) in [5.41, 5.74) is 0.813. The first-order valence-corrected chi connectivity index (χ1v) is 6.07. The van der Waals surface area contributed by atoms with Gasteiger partial charge in [-0.25, -0.2) is 4.79 Å². The Kier molecular flexibility index (Phi) is 3.85. The zero-order chi connectivity index (χ0) is 10.7. The highest BCUT2D eigenvalue weighted by Crippen LogP contribution is 2.17. The lowest BCUT2D eigenvalue weighted by Crippen LogP contribution is -2.20. The van der Waals surface area contributed by atoms with Gasteiger partial charge in [0.05, 0.1) is 5.52 Å². The number of aromatic nitrogens is 2. The molecule has 7 heteroatoms. The van der Waals surface area contributed by atoms with Gasteiger partial charge >= 0.3 is 5.69 Å². The van der Waals surface area contributed by atoms with Gasteiger partial charge < -0.3 is 4.98 Å². The molecule has 0 bridgehead atoms. The van der Waals surface area contributed by atoms with E-state index in [-0.39, 0.29) is 5.56 Å². The molecule has 2 aromatic heterocycles. The maximum atomic E-state index is 11.1. The Bertz CT molecular complexity index is 540. The zero-order valence-corrected chi connectivity index (χ0v) is 9.80. The highest BCUT2D eigenvalue weighted by atomic mass is 33.1. The summed E-state index contributed by atoms with van der Waals surface area (Å²) in [4.78, 5) is 26.7. The van der Waals surface area contributed by atoms with Crippen molar-refractivity contribution in [2.75, 3.05) is 0 Å². The van der Waals surface area contributed by atoms with Crippen LogP contribution in [0.3, 0.4) is 0 Å². The van der Waals surface area contributed by atoms with Crippen LogP contribution in [-0.2, 0) is 0 Å². The number of rotatable bonds is 0. The summed E-state index contributed by atoms with van der Waals surface area (Å²) < 4.78 is 0.576. The van der Waals surface area contributed by atoms with Crippen molar-refractivity contribution in [1.82, 2.24) is 9.97 Å². The maximum Gasteiger partial charge on any atom is 0.326 e. The van der Waals surface area contributed by atoms with Crippen molar-refractivity contribution in [3.8, 4) is 0 Å². The van der Waals surface area contributed by atoms with Gasteiger partial charge in [-0.1, -0.05) is 0 Å². The van der Waals surface area contributed by atoms with Crippen LogP contribution in [0.1, 0.15) is 5.56 Å². The molecule has 2 rings (SSSR count). The van der Waals surface area contributed by atoms with Crippen molar-refractivity contribution in [2.45, 2.75) is 6.92 Å². The molecule has 2 N–H and O–H groups in total. The van der Waals surface area contributed by atoms with Crippen LogP contribution in [0.4, 0.5) is 0 Å². The molecular formula is C7H8N2O2S3. The highest BCUT2D eigenvalue weighted by Gasteiger charge is 2.04. The van der Waals surface area contributed by atoms with Gasteiger partial charge in [0, 0.05) is 0 Å². The number of fused-ring (bicyclic) bond motifs is 1. The van der Waals surface area contributed by atoms with E-state index in [1.165, 1.54) is 11.3 Å². The van der Waals surface area contributed by atoms with E-state index in [1.807, 2.05) is 12.3 Å². The Hall–Kier alpha value is -0.660.